The zero-order valence-electron chi connectivity index (χ0n) is 13.7. The molecule has 1 rings (SSSR count). The number of sulfonamides is 1. The summed E-state index contributed by atoms with van der Waals surface area (Å²) in [5, 5.41) is 0. The fourth-order valence-electron chi connectivity index (χ4n) is 2.01. The molecule has 1 aromatic carbocycles. The number of hydrogen-bond acceptors (Lipinski definition) is 4. The molecule has 0 heterocycles. The lowest BCUT2D eigenvalue weighted by Gasteiger charge is -2.29. The minimum atomic E-state index is -3.53. The minimum Gasteiger partial charge on any atom is -0.324 e. The van der Waals surface area contributed by atoms with E-state index in [1.807, 2.05) is 0 Å². The number of aryl methyl sites for hydroxylation is 2. The number of anilines is 1. The second kappa shape index (κ2) is 6.34. The highest BCUT2D eigenvalue weighted by Gasteiger charge is 2.27. The fraction of sp³-hybridized carbons (Fsp3) is 0.600. The highest BCUT2D eigenvalue weighted by molar-refractivity contribution is 7.89. The van der Waals surface area contributed by atoms with E-state index >= 15 is 0 Å². The fourth-order valence-corrected chi connectivity index (χ4v) is 3.69. The molecule has 0 unspecified atom stereocenters. The van der Waals surface area contributed by atoms with Crippen LogP contribution in [0.25, 0.3) is 0 Å². The van der Waals surface area contributed by atoms with Crippen LogP contribution in [0.5, 0.6) is 0 Å². The molecule has 0 fully saturated rings. The van der Waals surface area contributed by atoms with Gasteiger partial charge in [0.2, 0.25) is 10.0 Å². The van der Waals surface area contributed by atoms with Gasteiger partial charge in [-0.25, -0.2) is 13.1 Å². The number of benzene rings is 1. The Morgan fingerprint density at radius 1 is 1.19 bits per heavy atom. The SMILES string of the molecule is Cc1cc(NN)cc(C)c1S(=O)(=O)NCC(C)(C)C(C)C. The lowest BCUT2D eigenvalue weighted by molar-refractivity contribution is 0.252. The summed E-state index contributed by atoms with van der Waals surface area (Å²) in [6, 6.07) is 3.46. The van der Waals surface area contributed by atoms with Gasteiger partial charge in [-0.3, -0.25) is 5.84 Å². The van der Waals surface area contributed by atoms with Crippen LogP contribution in [-0.2, 0) is 10.0 Å². The van der Waals surface area contributed by atoms with Gasteiger partial charge in [-0.1, -0.05) is 27.7 Å². The van der Waals surface area contributed by atoms with Crippen molar-refractivity contribution >= 4 is 15.7 Å². The normalized spacial score (nSPS) is 12.8. The first kappa shape index (κ1) is 17.9. The van der Waals surface area contributed by atoms with Gasteiger partial charge in [-0.2, -0.15) is 0 Å². The van der Waals surface area contributed by atoms with Gasteiger partial charge in [0.15, 0.2) is 0 Å². The number of hydrazine groups is 1. The van der Waals surface area contributed by atoms with E-state index in [1.165, 1.54) is 0 Å². The van der Waals surface area contributed by atoms with Gasteiger partial charge in [0, 0.05) is 12.2 Å². The van der Waals surface area contributed by atoms with Gasteiger partial charge in [-0.15, -0.1) is 0 Å². The molecule has 0 saturated carbocycles. The second-order valence-corrected chi connectivity index (χ2v) is 8.26. The second-order valence-electron chi connectivity index (χ2n) is 6.55. The summed E-state index contributed by atoms with van der Waals surface area (Å²) in [5.41, 5.74) is 4.50. The van der Waals surface area contributed by atoms with Gasteiger partial charge < -0.3 is 5.43 Å². The zero-order valence-corrected chi connectivity index (χ0v) is 14.6. The molecule has 0 saturated heterocycles. The molecule has 0 atom stereocenters. The van der Waals surface area contributed by atoms with Crippen molar-refractivity contribution in [2.24, 2.45) is 17.2 Å². The molecule has 0 amide bonds. The molecular formula is C15H27N3O2S. The van der Waals surface area contributed by atoms with Crippen LogP contribution in [0.3, 0.4) is 0 Å². The third kappa shape index (κ3) is 4.18. The first-order valence-corrected chi connectivity index (χ1v) is 8.57. The maximum atomic E-state index is 12.6. The molecule has 0 radical (unpaired) electrons. The summed E-state index contributed by atoms with van der Waals surface area (Å²) in [4.78, 5) is 0.334. The Morgan fingerprint density at radius 2 is 1.67 bits per heavy atom. The lowest BCUT2D eigenvalue weighted by Crippen LogP contribution is -2.37. The van der Waals surface area contributed by atoms with Crippen LogP contribution in [0.2, 0.25) is 0 Å². The van der Waals surface area contributed by atoms with Crippen LogP contribution in [0.1, 0.15) is 38.8 Å². The number of nitrogens with one attached hydrogen (secondary N) is 2. The molecular weight excluding hydrogens is 286 g/mol. The van der Waals surface area contributed by atoms with E-state index in [0.29, 0.717) is 34.2 Å². The zero-order chi connectivity index (χ0) is 16.4. The third-order valence-electron chi connectivity index (χ3n) is 4.18. The van der Waals surface area contributed by atoms with Crippen molar-refractivity contribution in [2.45, 2.75) is 46.4 Å². The number of nitrogen functional groups attached to an aromatic ring is 1. The van der Waals surface area contributed by atoms with Gasteiger partial charge in [0.25, 0.3) is 0 Å². The standard InChI is InChI=1S/C15H27N3O2S/c1-10(2)15(5,6)9-17-21(19,20)14-11(3)7-13(18-16)8-12(14)4/h7-8,10,17-18H,9,16H2,1-6H3. The largest absolute Gasteiger partial charge is 0.324 e. The summed E-state index contributed by atoms with van der Waals surface area (Å²) in [6.07, 6.45) is 0. The van der Waals surface area contributed by atoms with Gasteiger partial charge in [0.05, 0.1) is 4.90 Å². The Hall–Kier alpha value is -1.11. The highest BCUT2D eigenvalue weighted by Crippen LogP contribution is 2.27. The molecule has 0 spiro atoms. The molecule has 0 aliphatic heterocycles. The van der Waals surface area contributed by atoms with E-state index in [9.17, 15) is 8.42 Å². The van der Waals surface area contributed by atoms with Crippen molar-refractivity contribution in [3.05, 3.63) is 23.3 Å². The molecule has 0 aliphatic rings. The molecule has 6 heteroatoms. The van der Waals surface area contributed by atoms with Gasteiger partial charge >= 0.3 is 0 Å². The van der Waals surface area contributed by atoms with Crippen molar-refractivity contribution in [1.82, 2.24) is 4.72 Å². The van der Waals surface area contributed by atoms with Crippen molar-refractivity contribution in [3.8, 4) is 0 Å². The summed E-state index contributed by atoms with van der Waals surface area (Å²) < 4.78 is 27.9. The number of hydrogen-bond donors (Lipinski definition) is 3. The van der Waals surface area contributed by atoms with Gasteiger partial charge in [-0.05, 0) is 48.4 Å². The van der Waals surface area contributed by atoms with Crippen molar-refractivity contribution < 1.29 is 8.42 Å². The topological polar surface area (TPSA) is 84.2 Å². The Kier molecular flexibility index (Phi) is 5.41. The summed E-state index contributed by atoms with van der Waals surface area (Å²) >= 11 is 0. The summed E-state index contributed by atoms with van der Waals surface area (Å²) in [6.45, 7) is 12.2. The Balaban J connectivity index is 3.10. The van der Waals surface area contributed by atoms with E-state index in [4.69, 9.17) is 5.84 Å². The first-order valence-electron chi connectivity index (χ1n) is 7.09. The van der Waals surface area contributed by atoms with Crippen LogP contribution in [0, 0.1) is 25.2 Å². The van der Waals surface area contributed by atoms with Crippen LogP contribution in [0.4, 0.5) is 5.69 Å². The lowest BCUT2D eigenvalue weighted by atomic mass is 9.81. The summed E-state index contributed by atoms with van der Waals surface area (Å²) in [5.74, 6) is 5.76. The molecule has 21 heavy (non-hydrogen) atoms. The predicted octanol–water partition coefficient (Wildman–Crippen LogP) is 2.55. The molecule has 0 aromatic heterocycles. The highest BCUT2D eigenvalue weighted by atomic mass is 32.2. The van der Waals surface area contributed by atoms with Crippen LogP contribution in [0.15, 0.2) is 17.0 Å². The Bertz CT molecular complexity index is 584. The maximum Gasteiger partial charge on any atom is 0.241 e. The Labute approximate surface area is 128 Å². The minimum absolute atomic E-state index is 0.104. The van der Waals surface area contributed by atoms with E-state index in [1.54, 1.807) is 26.0 Å². The molecule has 4 N–H and O–H groups in total. The van der Waals surface area contributed by atoms with Crippen LogP contribution >= 0.6 is 0 Å². The molecule has 0 bridgehead atoms. The van der Waals surface area contributed by atoms with E-state index < -0.39 is 10.0 Å². The van der Waals surface area contributed by atoms with Crippen molar-refractivity contribution in [3.63, 3.8) is 0 Å². The van der Waals surface area contributed by atoms with Crippen molar-refractivity contribution in [2.75, 3.05) is 12.0 Å². The van der Waals surface area contributed by atoms with Gasteiger partial charge in [0.1, 0.15) is 0 Å². The molecule has 1 aromatic rings. The van der Waals surface area contributed by atoms with Crippen LogP contribution < -0.4 is 16.0 Å². The monoisotopic (exact) mass is 313 g/mol. The maximum absolute atomic E-state index is 12.6. The van der Waals surface area contributed by atoms with E-state index in [2.05, 4.69) is 37.8 Å². The predicted molar refractivity (Wildman–Crippen MR) is 87.5 cm³/mol. The van der Waals surface area contributed by atoms with Crippen molar-refractivity contribution in [1.29, 1.82) is 0 Å². The first-order chi connectivity index (χ1) is 9.51. The number of nitrogens with two attached hydrogens (primary N) is 1. The smallest absolute Gasteiger partial charge is 0.241 e. The quantitative estimate of drug-likeness (QED) is 0.556. The van der Waals surface area contributed by atoms with E-state index in [0.717, 1.165) is 0 Å². The number of rotatable bonds is 6. The average Bonchev–Trinajstić information content (AvgIpc) is 2.35. The average molecular weight is 313 g/mol. The van der Waals surface area contributed by atoms with E-state index in [-0.39, 0.29) is 5.41 Å². The Morgan fingerprint density at radius 3 is 2.05 bits per heavy atom. The third-order valence-corrected chi connectivity index (χ3v) is 5.88. The summed E-state index contributed by atoms with van der Waals surface area (Å²) in [7, 11) is -3.53. The molecule has 120 valence electrons. The van der Waals surface area contributed by atoms with Crippen LogP contribution in [-0.4, -0.2) is 15.0 Å². The molecule has 0 aliphatic carbocycles. The molecule has 5 nitrogen and oxygen atoms in total.